The molecule has 0 spiro atoms. The van der Waals surface area contributed by atoms with Gasteiger partial charge in [0.1, 0.15) is 6.33 Å². The van der Waals surface area contributed by atoms with Crippen molar-refractivity contribution in [2.45, 2.75) is 13.1 Å². The number of nitrogens with one attached hydrogen (secondary N) is 2. The minimum absolute atomic E-state index is 0.112. The maximum absolute atomic E-state index is 12.7. The summed E-state index contributed by atoms with van der Waals surface area (Å²) in [6.45, 7) is 1.20. The fraction of sp³-hybridized carbons (Fsp3) is 0.100. The maximum Gasteiger partial charge on any atom is 0.416 e. The molecule has 3 amide bonds. The van der Waals surface area contributed by atoms with Gasteiger partial charge < -0.3 is 10.1 Å². The molecule has 0 fully saturated rings. The van der Waals surface area contributed by atoms with Crippen molar-refractivity contribution < 1.29 is 27.5 Å². The molecule has 0 unspecified atom stereocenters. The molecule has 0 radical (unpaired) electrons. The molecule has 10 heteroatoms. The number of nitrogens with zero attached hydrogens (tertiary/aromatic N) is 2. The molecular weight excluding hydrogens is 401 g/mol. The number of urea groups is 1. The van der Waals surface area contributed by atoms with Crippen molar-refractivity contribution in [3.63, 3.8) is 0 Å². The third kappa shape index (κ3) is 5.31. The van der Waals surface area contributed by atoms with E-state index in [-0.39, 0.29) is 17.3 Å². The van der Waals surface area contributed by atoms with Crippen LogP contribution in [0.4, 0.5) is 23.7 Å². The lowest BCUT2D eigenvalue weighted by Crippen LogP contribution is -2.32. The number of ether oxygens (including phenoxy) is 1. The third-order valence-corrected chi connectivity index (χ3v) is 3.79. The Labute approximate surface area is 168 Å². The van der Waals surface area contributed by atoms with E-state index in [0.29, 0.717) is 11.3 Å². The van der Waals surface area contributed by atoms with Gasteiger partial charge in [-0.3, -0.25) is 10.1 Å². The maximum atomic E-state index is 12.7. The van der Waals surface area contributed by atoms with Gasteiger partial charge in [0.05, 0.1) is 16.9 Å². The van der Waals surface area contributed by atoms with Crippen LogP contribution in [0.25, 0.3) is 11.3 Å². The first-order valence-electron chi connectivity index (χ1n) is 8.57. The van der Waals surface area contributed by atoms with Crippen LogP contribution in [0.2, 0.25) is 0 Å². The number of amides is 3. The number of alkyl halides is 3. The van der Waals surface area contributed by atoms with Crippen molar-refractivity contribution >= 4 is 17.6 Å². The van der Waals surface area contributed by atoms with Gasteiger partial charge in [0, 0.05) is 18.6 Å². The topological polar surface area (TPSA) is 93.2 Å². The molecular formula is C20H15F3N4O3. The highest BCUT2D eigenvalue weighted by molar-refractivity contribution is 6.01. The lowest BCUT2D eigenvalue weighted by molar-refractivity contribution is -0.137. The highest BCUT2D eigenvalue weighted by Gasteiger charge is 2.30. The molecule has 7 nitrogen and oxygen atoms in total. The van der Waals surface area contributed by atoms with Crippen molar-refractivity contribution in [3.8, 4) is 22.9 Å². The number of hydrogen-bond donors (Lipinski definition) is 2. The number of hydrogen-bond acceptors (Lipinski definition) is 5. The number of rotatable bonds is 4. The van der Waals surface area contributed by atoms with E-state index in [1.165, 1.54) is 31.5 Å². The Morgan fingerprint density at radius 2 is 1.70 bits per heavy atom. The van der Waals surface area contributed by atoms with Crippen LogP contribution in [0.1, 0.15) is 12.5 Å². The number of aromatic nitrogens is 2. The quantitative estimate of drug-likeness (QED) is 0.647. The lowest BCUT2D eigenvalue weighted by atomic mass is 10.1. The van der Waals surface area contributed by atoms with Gasteiger partial charge in [-0.05, 0) is 24.3 Å². The molecule has 3 aromatic rings. The van der Waals surface area contributed by atoms with Gasteiger partial charge in [0.25, 0.3) is 0 Å². The first-order chi connectivity index (χ1) is 14.2. The molecule has 0 saturated carbocycles. The van der Waals surface area contributed by atoms with E-state index in [1.807, 2.05) is 0 Å². The molecule has 2 aromatic carbocycles. The van der Waals surface area contributed by atoms with Gasteiger partial charge >= 0.3 is 12.2 Å². The van der Waals surface area contributed by atoms with Crippen LogP contribution in [0.15, 0.2) is 60.9 Å². The SMILES string of the molecule is CC(=O)NC(=O)Nc1ccccc1Oc1cc(-c2ccc(C(F)(F)F)cc2)ncn1. The van der Waals surface area contributed by atoms with Crippen LogP contribution in [-0.4, -0.2) is 21.9 Å². The van der Waals surface area contributed by atoms with Crippen molar-refractivity contribution in [1.29, 1.82) is 0 Å². The Hall–Kier alpha value is -3.95. The molecule has 30 heavy (non-hydrogen) atoms. The predicted molar refractivity (Wildman–Crippen MR) is 102 cm³/mol. The molecule has 3 rings (SSSR count). The van der Waals surface area contributed by atoms with Crippen molar-refractivity contribution in [3.05, 3.63) is 66.5 Å². The number of para-hydroxylation sites is 2. The Bertz CT molecular complexity index is 1070. The zero-order valence-electron chi connectivity index (χ0n) is 15.5. The monoisotopic (exact) mass is 416 g/mol. The second-order valence-corrected chi connectivity index (χ2v) is 6.05. The number of halogens is 3. The Morgan fingerprint density at radius 3 is 2.37 bits per heavy atom. The summed E-state index contributed by atoms with van der Waals surface area (Å²) >= 11 is 0. The van der Waals surface area contributed by atoms with Crippen LogP contribution in [0.5, 0.6) is 11.6 Å². The number of anilines is 1. The molecule has 0 aliphatic heterocycles. The van der Waals surface area contributed by atoms with Gasteiger partial charge in [-0.2, -0.15) is 13.2 Å². The number of carbonyl (C=O) groups excluding carboxylic acids is 2. The van der Waals surface area contributed by atoms with Gasteiger partial charge in [-0.25, -0.2) is 14.8 Å². The van der Waals surface area contributed by atoms with Crippen molar-refractivity contribution in [2.75, 3.05) is 5.32 Å². The van der Waals surface area contributed by atoms with Crippen LogP contribution >= 0.6 is 0 Å². The first kappa shape index (κ1) is 20.8. The van der Waals surface area contributed by atoms with Crippen LogP contribution in [0.3, 0.4) is 0 Å². The standard InChI is InChI=1S/C20H15F3N4O3/c1-12(28)26-19(29)27-15-4-2-3-5-17(15)30-18-10-16(24-11-25-18)13-6-8-14(9-7-13)20(21,22)23/h2-11H,1H3,(H2,26,27,28,29). The van der Waals surface area contributed by atoms with Crippen LogP contribution in [0, 0.1) is 0 Å². The Balaban J connectivity index is 1.81. The minimum atomic E-state index is -4.43. The summed E-state index contributed by atoms with van der Waals surface area (Å²) in [5.41, 5.74) is 0.322. The van der Waals surface area contributed by atoms with Crippen LogP contribution < -0.4 is 15.4 Å². The summed E-state index contributed by atoms with van der Waals surface area (Å²) in [6, 6.07) is 11.7. The average molecular weight is 416 g/mol. The number of carbonyl (C=O) groups is 2. The molecule has 0 atom stereocenters. The summed E-state index contributed by atoms with van der Waals surface area (Å²) in [5.74, 6) is -0.169. The number of benzene rings is 2. The molecule has 1 aromatic heterocycles. The lowest BCUT2D eigenvalue weighted by Gasteiger charge is -2.12. The van der Waals surface area contributed by atoms with Gasteiger partial charge in [-0.15, -0.1) is 0 Å². The molecule has 0 aliphatic rings. The molecule has 0 aliphatic carbocycles. The van der Waals surface area contributed by atoms with E-state index in [9.17, 15) is 22.8 Å². The molecule has 0 saturated heterocycles. The highest BCUT2D eigenvalue weighted by atomic mass is 19.4. The normalized spacial score (nSPS) is 10.9. The summed E-state index contributed by atoms with van der Waals surface area (Å²) in [5, 5.41) is 4.56. The Morgan fingerprint density at radius 1 is 1.00 bits per heavy atom. The highest BCUT2D eigenvalue weighted by Crippen LogP contribution is 2.32. The van der Waals surface area contributed by atoms with E-state index >= 15 is 0 Å². The van der Waals surface area contributed by atoms with Gasteiger partial charge in [-0.1, -0.05) is 24.3 Å². The van der Waals surface area contributed by atoms with Gasteiger partial charge in [0.15, 0.2) is 5.75 Å². The fourth-order valence-corrected chi connectivity index (χ4v) is 2.47. The Kier molecular flexibility index (Phi) is 5.95. The average Bonchev–Trinajstić information content (AvgIpc) is 2.68. The zero-order valence-corrected chi connectivity index (χ0v) is 15.5. The van der Waals surface area contributed by atoms with E-state index in [2.05, 4.69) is 20.6 Å². The largest absolute Gasteiger partial charge is 0.437 e. The number of imide groups is 1. The van der Waals surface area contributed by atoms with Crippen molar-refractivity contribution in [1.82, 2.24) is 15.3 Å². The minimum Gasteiger partial charge on any atom is -0.437 e. The third-order valence-electron chi connectivity index (χ3n) is 3.79. The first-order valence-corrected chi connectivity index (χ1v) is 8.57. The molecule has 0 bridgehead atoms. The second kappa shape index (κ2) is 8.60. The smallest absolute Gasteiger partial charge is 0.416 e. The van der Waals surface area contributed by atoms with E-state index < -0.39 is 23.7 Å². The second-order valence-electron chi connectivity index (χ2n) is 6.05. The predicted octanol–water partition coefficient (Wildman–Crippen LogP) is 4.62. The summed E-state index contributed by atoms with van der Waals surface area (Å²) < 4.78 is 43.9. The summed E-state index contributed by atoms with van der Waals surface area (Å²) in [6.07, 6.45) is -3.22. The summed E-state index contributed by atoms with van der Waals surface area (Å²) in [7, 11) is 0. The fourth-order valence-electron chi connectivity index (χ4n) is 2.47. The molecule has 154 valence electrons. The van der Waals surface area contributed by atoms with E-state index in [1.54, 1.807) is 24.3 Å². The van der Waals surface area contributed by atoms with Crippen LogP contribution in [-0.2, 0) is 11.0 Å². The van der Waals surface area contributed by atoms with Crippen molar-refractivity contribution in [2.24, 2.45) is 0 Å². The molecule has 1 heterocycles. The summed E-state index contributed by atoms with van der Waals surface area (Å²) in [4.78, 5) is 30.8. The van der Waals surface area contributed by atoms with Gasteiger partial charge in [0.2, 0.25) is 11.8 Å². The van der Waals surface area contributed by atoms with E-state index in [4.69, 9.17) is 4.74 Å². The zero-order chi connectivity index (χ0) is 21.7. The molecule has 2 N–H and O–H groups in total. The van der Waals surface area contributed by atoms with E-state index in [0.717, 1.165) is 12.1 Å².